The number of aliphatic hydroxyl groups excluding tert-OH is 1. The number of ether oxygens (including phenoxy) is 1. The fraction of sp³-hybridized carbons (Fsp3) is 0.500. The molecule has 0 bridgehead atoms. The van der Waals surface area contributed by atoms with E-state index in [0.717, 1.165) is 0 Å². The van der Waals surface area contributed by atoms with E-state index in [1.807, 2.05) is 0 Å². The highest BCUT2D eigenvalue weighted by molar-refractivity contribution is 5.41. The van der Waals surface area contributed by atoms with E-state index < -0.39 is 5.82 Å². The molecule has 0 amide bonds. The summed E-state index contributed by atoms with van der Waals surface area (Å²) < 4.78 is 18.5. The van der Waals surface area contributed by atoms with Crippen LogP contribution in [0.3, 0.4) is 0 Å². The van der Waals surface area contributed by atoms with Gasteiger partial charge in [-0.1, -0.05) is 0 Å². The average Bonchev–Trinajstić information content (AvgIpc) is 2.26. The van der Waals surface area contributed by atoms with Crippen LogP contribution < -0.4 is 4.90 Å². The van der Waals surface area contributed by atoms with E-state index in [4.69, 9.17) is 9.84 Å². The van der Waals surface area contributed by atoms with Gasteiger partial charge in [-0.3, -0.25) is 0 Å². The lowest BCUT2D eigenvalue weighted by Crippen LogP contribution is -2.24. The quantitative estimate of drug-likeness (QED) is 0.787. The van der Waals surface area contributed by atoms with Crippen LogP contribution in [0.4, 0.5) is 10.2 Å². The first-order chi connectivity index (χ1) is 7.20. The molecule has 0 saturated heterocycles. The van der Waals surface area contributed by atoms with E-state index in [1.54, 1.807) is 19.1 Å². The molecule has 0 radical (unpaired) electrons. The van der Waals surface area contributed by atoms with E-state index in [-0.39, 0.29) is 18.0 Å². The Kier molecular flexibility index (Phi) is 4.45. The zero-order chi connectivity index (χ0) is 11.3. The standard InChI is InChI=1S/C10H15FN2O2/c1-13(5-6-15-2)10-9(11)8(7-14)3-4-12-10/h3-4,14H,5-7H2,1-2H3. The van der Waals surface area contributed by atoms with Crippen LogP contribution in [0.5, 0.6) is 0 Å². The van der Waals surface area contributed by atoms with Crippen LogP contribution in [0, 0.1) is 5.82 Å². The number of hydrogen-bond acceptors (Lipinski definition) is 4. The summed E-state index contributed by atoms with van der Waals surface area (Å²) in [6, 6.07) is 1.46. The number of rotatable bonds is 5. The van der Waals surface area contributed by atoms with Crippen LogP contribution in [-0.4, -0.2) is 37.4 Å². The molecule has 0 spiro atoms. The molecule has 0 saturated carbocycles. The number of methoxy groups -OCH3 is 1. The molecule has 0 unspecified atom stereocenters. The van der Waals surface area contributed by atoms with Crippen molar-refractivity contribution < 1.29 is 14.2 Å². The van der Waals surface area contributed by atoms with Crippen LogP contribution in [0.25, 0.3) is 0 Å². The third-order valence-electron chi connectivity index (χ3n) is 2.11. The number of pyridine rings is 1. The molecular formula is C10H15FN2O2. The van der Waals surface area contributed by atoms with Gasteiger partial charge in [0, 0.05) is 32.5 Å². The van der Waals surface area contributed by atoms with Gasteiger partial charge in [-0.15, -0.1) is 0 Å². The van der Waals surface area contributed by atoms with Crippen LogP contribution in [0.1, 0.15) is 5.56 Å². The molecule has 0 aliphatic carbocycles. The minimum absolute atomic E-state index is 0.235. The predicted molar refractivity (Wildman–Crippen MR) is 55.3 cm³/mol. The van der Waals surface area contributed by atoms with Gasteiger partial charge in [-0.2, -0.15) is 0 Å². The largest absolute Gasteiger partial charge is 0.392 e. The Bertz CT molecular complexity index is 320. The van der Waals surface area contributed by atoms with E-state index in [1.165, 1.54) is 12.3 Å². The lowest BCUT2D eigenvalue weighted by atomic mass is 10.2. The molecular weight excluding hydrogens is 199 g/mol. The lowest BCUT2D eigenvalue weighted by molar-refractivity contribution is 0.206. The van der Waals surface area contributed by atoms with Crippen molar-refractivity contribution in [3.05, 3.63) is 23.6 Å². The maximum atomic E-state index is 13.6. The van der Waals surface area contributed by atoms with Crippen LogP contribution >= 0.6 is 0 Å². The lowest BCUT2D eigenvalue weighted by Gasteiger charge is -2.18. The SMILES string of the molecule is COCCN(C)c1nccc(CO)c1F. The van der Waals surface area contributed by atoms with Crippen molar-refractivity contribution in [2.24, 2.45) is 0 Å². The molecule has 1 aromatic heterocycles. The maximum Gasteiger partial charge on any atom is 0.171 e. The summed E-state index contributed by atoms with van der Waals surface area (Å²) in [5, 5.41) is 8.89. The van der Waals surface area contributed by atoms with Gasteiger partial charge >= 0.3 is 0 Å². The third-order valence-corrected chi connectivity index (χ3v) is 2.11. The van der Waals surface area contributed by atoms with Crippen molar-refractivity contribution in [2.75, 3.05) is 32.2 Å². The molecule has 1 N–H and O–H groups in total. The Morgan fingerprint density at radius 2 is 2.33 bits per heavy atom. The Morgan fingerprint density at radius 3 is 2.93 bits per heavy atom. The summed E-state index contributed by atoms with van der Waals surface area (Å²) in [5.41, 5.74) is 0.254. The summed E-state index contributed by atoms with van der Waals surface area (Å²) in [7, 11) is 3.31. The highest BCUT2D eigenvalue weighted by atomic mass is 19.1. The molecule has 1 heterocycles. The van der Waals surface area contributed by atoms with Crippen molar-refractivity contribution in [3.8, 4) is 0 Å². The topological polar surface area (TPSA) is 45.6 Å². The van der Waals surface area contributed by atoms with Gasteiger partial charge in [-0.05, 0) is 6.07 Å². The number of aliphatic hydroxyl groups is 1. The fourth-order valence-corrected chi connectivity index (χ4v) is 1.19. The van der Waals surface area contributed by atoms with Gasteiger partial charge < -0.3 is 14.7 Å². The second kappa shape index (κ2) is 5.63. The van der Waals surface area contributed by atoms with Crippen LogP contribution in [0.15, 0.2) is 12.3 Å². The van der Waals surface area contributed by atoms with Gasteiger partial charge in [0.15, 0.2) is 11.6 Å². The van der Waals surface area contributed by atoms with Crippen molar-refractivity contribution >= 4 is 5.82 Å². The van der Waals surface area contributed by atoms with Crippen LogP contribution in [0.2, 0.25) is 0 Å². The van der Waals surface area contributed by atoms with E-state index >= 15 is 0 Å². The highest BCUT2D eigenvalue weighted by Gasteiger charge is 2.12. The summed E-state index contributed by atoms with van der Waals surface area (Å²) in [4.78, 5) is 5.57. The summed E-state index contributed by atoms with van der Waals surface area (Å²) in [5.74, 6) is -0.239. The molecule has 5 heteroatoms. The minimum atomic E-state index is -0.474. The molecule has 1 aromatic rings. The molecule has 1 rings (SSSR count). The number of nitrogens with zero attached hydrogens (tertiary/aromatic N) is 2. The Hall–Kier alpha value is -1.20. The van der Waals surface area contributed by atoms with E-state index in [9.17, 15) is 4.39 Å². The van der Waals surface area contributed by atoms with Crippen molar-refractivity contribution in [1.29, 1.82) is 0 Å². The first kappa shape index (κ1) is 11.9. The zero-order valence-corrected chi connectivity index (χ0v) is 8.90. The fourth-order valence-electron chi connectivity index (χ4n) is 1.19. The van der Waals surface area contributed by atoms with Crippen molar-refractivity contribution in [3.63, 3.8) is 0 Å². The third kappa shape index (κ3) is 2.87. The molecule has 4 nitrogen and oxygen atoms in total. The second-order valence-corrected chi connectivity index (χ2v) is 3.18. The zero-order valence-electron chi connectivity index (χ0n) is 8.90. The molecule has 15 heavy (non-hydrogen) atoms. The molecule has 0 aliphatic rings. The van der Waals surface area contributed by atoms with Gasteiger partial charge in [0.25, 0.3) is 0 Å². The van der Waals surface area contributed by atoms with Gasteiger partial charge in [0.1, 0.15) is 0 Å². The number of hydrogen-bond donors (Lipinski definition) is 1. The molecule has 84 valence electrons. The number of halogens is 1. The minimum Gasteiger partial charge on any atom is -0.392 e. The van der Waals surface area contributed by atoms with Gasteiger partial charge in [0.05, 0.1) is 13.2 Å². The first-order valence-corrected chi connectivity index (χ1v) is 4.65. The number of likely N-dealkylation sites (N-methyl/N-ethyl adjacent to an activating group) is 1. The summed E-state index contributed by atoms with van der Waals surface area (Å²) in [6.45, 7) is 0.732. The van der Waals surface area contributed by atoms with E-state index in [0.29, 0.717) is 13.2 Å². The average molecular weight is 214 g/mol. The van der Waals surface area contributed by atoms with Gasteiger partial charge in [0.2, 0.25) is 0 Å². The maximum absolute atomic E-state index is 13.6. The Labute approximate surface area is 88.3 Å². The molecule has 0 aromatic carbocycles. The smallest absolute Gasteiger partial charge is 0.171 e. The second-order valence-electron chi connectivity index (χ2n) is 3.18. The van der Waals surface area contributed by atoms with Gasteiger partial charge in [-0.25, -0.2) is 9.37 Å². The van der Waals surface area contributed by atoms with E-state index in [2.05, 4.69) is 4.98 Å². The number of aromatic nitrogens is 1. The number of anilines is 1. The normalized spacial score (nSPS) is 10.4. The predicted octanol–water partition coefficient (Wildman–Crippen LogP) is 0.796. The van der Waals surface area contributed by atoms with Crippen molar-refractivity contribution in [1.82, 2.24) is 4.98 Å². The molecule has 0 aliphatic heterocycles. The highest BCUT2D eigenvalue weighted by Crippen LogP contribution is 2.17. The first-order valence-electron chi connectivity index (χ1n) is 4.65. The molecule has 0 atom stereocenters. The van der Waals surface area contributed by atoms with Crippen LogP contribution in [-0.2, 0) is 11.3 Å². The monoisotopic (exact) mass is 214 g/mol. The Morgan fingerprint density at radius 1 is 1.60 bits per heavy atom. The molecule has 0 fully saturated rings. The summed E-state index contributed by atoms with van der Waals surface area (Å²) >= 11 is 0. The van der Waals surface area contributed by atoms with Crippen molar-refractivity contribution in [2.45, 2.75) is 6.61 Å². The Balaban J connectivity index is 2.83. The summed E-state index contributed by atoms with van der Waals surface area (Å²) in [6.07, 6.45) is 1.48.